The van der Waals surface area contributed by atoms with Gasteiger partial charge in [0.2, 0.25) is 5.91 Å². The third kappa shape index (κ3) is 3.13. The van der Waals surface area contributed by atoms with Crippen LogP contribution in [0.2, 0.25) is 0 Å². The fourth-order valence-corrected chi connectivity index (χ4v) is 3.68. The Hall–Kier alpha value is -1.35. The molecular weight excluding hydrogens is 260 g/mol. The molecular formula is C18H26N2O. The molecule has 0 spiro atoms. The number of rotatable bonds is 2. The molecule has 1 fully saturated rings. The van der Waals surface area contributed by atoms with E-state index in [9.17, 15) is 4.79 Å². The Morgan fingerprint density at radius 2 is 1.81 bits per heavy atom. The summed E-state index contributed by atoms with van der Waals surface area (Å²) in [4.78, 5) is 14.8. The molecule has 0 aromatic heterocycles. The van der Waals surface area contributed by atoms with E-state index in [2.05, 4.69) is 36.5 Å². The highest BCUT2D eigenvalue weighted by atomic mass is 16.2. The van der Waals surface area contributed by atoms with Crippen molar-refractivity contribution in [1.82, 2.24) is 10.2 Å². The molecule has 1 aromatic rings. The second kappa shape index (κ2) is 6.18. The number of carbonyl (C=O) groups excluding carboxylic acids is 1. The van der Waals surface area contributed by atoms with Crippen LogP contribution in [0.25, 0.3) is 0 Å². The van der Waals surface area contributed by atoms with Crippen LogP contribution in [0.4, 0.5) is 0 Å². The predicted octanol–water partition coefficient (Wildman–Crippen LogP) is 2.74. The monoisotopic (exact) mass is 286 g/mol. The van der Waals surface area contributed by atoms with E-state index in [4.69, 9.17) is 0 Å². The fraction of sp³-hybridized carbons (Fsp3) is 0.611. The lowest BCUT2D eigenvalue weighted by Crippen LogP contribution is -2.51. The number of fused-ring (bicyclic) bond motifs is 1. The van der Waals surface area contributed by atoms with E-state index in [0.29, 0.717) is 6.04 Å². The van der Waals surface area contributed by atoms with Gasteiger partial charge in [-0.05, 0) is 49.1 Å². The molecule has 0 bridgehead atoms. The minimum Gasteiger partial charge on any atom is -0.341 e. The Balaban J connectivity index is 1.63. The highest BCUT2D eigenvalue weighted by Crippen LogP contribution is 2.27. The van der Waals surface area contributed by atoms with Gasteiger partial charge in [-0.1, -0.05) is 31.2 Å². The Morgan fingerprint density at radius 3 is 2.52 bits per heavy atom. The van der Waals surface area contributed by atoms with E-state index in [0.717, 1.165) is 31.7 Å². The average Bonchev–Trinajstić information content (AvgIpc) is 2.54. The first kappa shape index (κ1) is 14.6. The summed E-state index contributed by atoms with van der Waals surface area (Å²) in [6, 6.07) is 8.82. The van der Waals surface area contributed by atoms with Gasteiger partial charge in [-0.3, -0.25) is 4.79 Å². The molecule has 114 valence electrons. The number of nitrogens with zero attached hydrogens (tertiary/aromatic N) is 1. The summed E-state index contributed by atoms with van der Waals surface area (Å²) in [6.07, 6.45) is 5.65. The van der Waals surface area contributed by atoms with Crippen LogP contribution in [0.1, 0.15) is 43.7 Å². The second-order valence-electron chi connectivity index (χ2n) is 6.77. The normalized spacial score (nSPS) is 28.8. The molecule has 0 saturated heterocycles. The van der Waals surface area contributed by atoms with Crippen molar-refractivity contribution in [3.8, 4) is 0 Å². The van der Waals surface area contributed by atoms with Crippen LogP contribution >= 0.6 is 0 Å². The van der Waals surface area contributed by atoms with Crippen molar-refractivity contribution in [2.45, 2.75) is 57.7 Å². The number of likely N-dealkylation sites (N-methyl/N-ethyl adjacent to an activating group) is 1. The van der Waals surface area contributed by atoms with Gasteiger partial charge >= 0.3 is 0 Å². The molecule has 2 aliphatic rings. The first-order valence-electron chi connectivity index (χ1n) is 8.22. The molecule has 3 nitrogen and oxygen atoms in total. The maximum absolute atomic E-state index is 12.8. The highest BCUT2D eigenvalue weighted by Gasteiger charge is 2.31. The number of hydrogen-bond donors (Lipinski definition) is 1. The van der Waals surface area contributed by atoms with Crippen LogP contribution in [-0.2, 0) is 17.8 Å². The van der Waals surface area contributed by atoms with Crippen LogP contribution < -0.4 is 5.32 Å². The average molecular weight is 286 g/mol. The number of amides is 1. The smallest absolute Gasteiger partial charge is 0.240 e. The molecule has 1 aliphatic heterocycles. The lowest BCUT2D eigenvalue weighted by Gasteiger charge is -2.36. The summed E-state index contributed by atoms with van der Waals surface area (Å²) in [6.45, 7) is 3.12. The SMILES string of the molecule is CC1CCC(N(C)C(=O)[C@H]2Cc3ccccc3CN2)CC1. The largest absolute Gasteiger partial charge is 0.341 e. The van der Waals surface area contributed by atoms with E-state index < -0.39 is 0 Å². The Bertz CT molecular complexity index is 506. The third-order valence-electron chi connectivity index (χ3n) is 5.26. The van der Waals surface area contributed by atoms with Crippen LogP contribution in [0.15, 0.2) is 24.3 Å². The number of benzene rings is 1. The van der Waals surface area contributed by atoms with Crippen molar-refractivity contribution in [2.75, 3.05) is 7.05 Å². The van der Waals surface area contributed by atoms with Gasteiger partial charge in [-0.15, -0.1) is 0 Å². The van der Waals surface area contributed by atoms with Crippen LogP contribution in [0, 0.1) is 5.92 Å². The molecule has 1 atom stereocenters. The zero-order valence-corrected chi connectivity index (χ0v) is 13.1. The molecule has 3 heteroatoms. The minimum absolute atomic E-state index is 0.0516. The van der Waals surface area contributed by atoms with E-state index in [1.54, 1.807) is 0 Å². The second-order valence-corrected chi connectivity index (χ2v) is 6.77. The zero-order valence-electron chi connectivity index (χ0n) is 13.1. The summed E-state index contributed by atoms with van der Waals surface area (Å²) in [5.74, 6) is 1.09. The third-order valence-corrected chi connectivity index (χ3v) is 5.26. The molecule has 1 heterocycles. The van der Waals surface area contributed by atoms with Gasteiger partial charge in [0.1, 0.15) is 0 Å². The van der Waals surface area contributed by atoms with Crippen molar-refractivity contribution in [2.24, 2.45) is 5.92 Å². The predicted molar refractivity (Wildman–Crippen MR) is 85.0 cm³/mol. The van der Waals surface area contributed by atoms with Gasteiger partial charge in [0.15, 0.2) is 0 Å². The molecule has 0 unspecified atom stereocenters. The van der Waals surface area contributed by atoms with Crippen molar-refractivity contribution >= 4 is 5.91 Å². The number of nitrogens with one attached hydrogen (secondary N) is 1. The zero-order chi connectivity index (χ0) is 14.8. The topological polar surface area (TPSA) is 32.3 Å². The Morgan fingerprint density at radius 1 is 1.14 bits per heavy atom. The van der Waals surface area contributed by atoms with E-state index >= 15 is 0 Å². The van der Waals surface area contributed by atoms with Gasteiger partial charge in [0.25, 0.3) is 0 Å². The van der Waals surface area contributed by atoms with Crippen LogP contribution in [0.5, 0.6) is 0 Å². The van der Waals surface area contributed by atoms with E-state index in [-0.39, 0.29) is 11.9 Å². The molecule has 3 rings (SSSR count). The van der Waals surface area contributed by atoms with Gasteiger partial charge in [-0.25, -0.2) is 0 Å². The molecule has 21 heavy (non-hydrogen) atoms. The fourth-order valence-electron chi connectivity index (χ4n) is 3.68. The first-order chi connectivity index (χ1) is 10.1. The lowest BCUT2D eigenvalue weighted by molar-refractivity contribution is -0.135. The molecule has 1 amide bonds. The van der Waals surface area contributed by atoms with Gasteiger partial charge < -0.3 is 10.2 Å². The number of hydrogen-bond acceptors (Lipinski definition) is 2. The molecule has 1 aliphatic carbocycles. The minimum atomic E-state index is -0.0516. The first-order valence-corrected chi connectivity index (χ1v) is 8.22. The Labute approximate surface area is 127 Å². The van der Waals surface area contributed by atoms with E-state index in [1.165, 1.54) is 24.0 Å². The maximum atomic E-state index is 12.8. The van der Waals surface area contributed by atoms with Crippen LogP contribution in [-0.4, -0.2) is 29.9 Å². The molecule has 1 saturated carbocycles. The lowest BCUT2D eigenvalue weighted by atomic mass is 9.86. The highest BCUT2D eigenvalue weighted by molar-refractivity contribution is 5.82. The quantitative estimate of drug-likeness (QED) is 0.906. The van der Waals surface area contributed by atoms with Crippen LogP contribution in [0.3, 0.4) is 0 Å². The summed E-state index contributed by atoms with van der Waals surface area (Å²) < 4.78 is 0. The number of carbonyl (C=O) groups is 1. The standard InChI is InChI=1S/C18H26N2O/c1-13-7-9-16(10-8-13)20(2)18(21)17-11-14-5-3-4-6-15(14)12-19-17/h3-6,13,16-17,19H,7-12H2,1-2H3/t13?,16?,17-/m1/s1. The van der Waals surface area contributed by atoms with Gasteiger partial charge in [0, 0.05) is 19.6 Å². The molecule has 1 aromatic carbocycles. The van der Waals surface area contributed by atoms with Crippen molar-refractivity contribution < 1.29 is 4.79 Å². The molecule has 1 N–H and O–H groups in total. The Kier molecular flexibility index (Phi) is 4.29. The summed E-state index contributed by atoms with van der Waals surface area (Å²) in [5.41, 5.74) is 2.65. The van der Waals surface area contributed by atoms with Crippen molar-refractivity contribution in [3.05, 3.63) is 35.4 Å². The summed E-state index contributed by atoms with van der Waals surface area (Å²) in [5, 5.41) is 3.41. The maximum Gasteiger partial charge on any atom is 0.240 e. The summed E-state index contributed by atoms with van der Waals surface area (Å²) >= 11 is 0. The van der Waals surface area contributed by atoms with Crippen molar-refractivity contribution in [1.29, 1.82) is 0 Å². The molecule has 0 radical (unpaired) electrons. The van der Waals surface area contributed by atoms with Gasteiger partial charge in [0.05, 0.1) is 6.04 Å². The van der Waals surface area contributed by atoms with Crippen molar-refractivity contribution in [3.63, 3.8) is 0 Å². The van der Waals surface area contributed by atoms with Gasteiger partial charge in [-0.2, -0.15) is 0 Å². The van der Waals surface area contributed by atoms with E-state index in [1.807, 2.05) is 11.9 Å². The summed E-state index contributed by atoms with van der Waals surface area (Å²) in [7, 11) is 1.99.